The Kier molecular flexibility index (Phi) is 6.89. The Bertz CT molecular complexity index is 718. The monoisotopic (exact) mass is 405 g/mol. The van der Waals surface area contributed by atoms with Gasteiger partial charge in [-0.1, -0.05) is 29.3 Å². The first-order chi connectivity index (χ1) is 11.1. The predicted molar refractivity (Wildman–Crippen MR) is 101 cm³/mol. The molecule has 0 radical (unpaired) electrons. The van der Waals surface area contributed by atoms with Gasteiger partial charge in [-0.15, -0.1) is 23.7 Å². The Morgan fingerprint density at radius 2 is 2.08 bits per heavy atom. The molecular formula is C16H18Cl3N3OS. The molecule has 8 heteroatoms. The molecule has 1 aliphatic carbocycles. The zero-order valence-electron chi connectivity index (χ0n) is 12.9. The summed E-state index contributed by atoms with van der Waals surface area (Å²) in [7, 11) is 0. The van der Waals surface area contributed by atoms with E-state index in [2.05, 4.69) is 4.98 Å². The average molecular weight is 407 g/mol. The molecule has 1 aromatic carbocycles. The summed E-state index contributed by atoms with van der Waals surface area (Å²) in [6.07, 6.45) is 2.77. The van der Waals surface area contributed by atoms with Gasteiger partial charge in [0.25, 0.3) is 5.91 Å². The normalized spacial score (nSPS) is 13.5. The molecule has 1 saturated carbocycles. The van der Waals surface area contributed by atoms with Crippen LogP contribution in [0.15, 0.2) is 23.6 Å². The molecular weight excluding hydrogens is 389 g/mol. The molecule has 1 heterocycles. The third-order valence-electron chi connectivity index (χ3n) is 3.71. The van der Waals surface area contributed by atoms with E-state index in [1.54, 1.807) is 6.07 Å². The second-order valence-corrected chi connectivity index (χ2v) is 7.33. The first-order valence-corrected chi connectivity index (χ1v) is 9.11. The Morgan fingerprint density at radius 3 is 2.71 bits per heavy atom. The summed E-state index contributed by atoms with van der Waals surface area (Å²) >= 11 is 13.5. The third kappa shape index (κ3) is 4.61. The molecule has 0 atom stereocenters. The van der Waals surface area contributed by atoms with Crippen LogP contribution in [-0.4, -0.2) is 28.4 Å². The molecule has 4 nitrogen and oxygen atoms in total. The summed E-state index contributed by atoms with van der Waals surface area (Å²) in [5.41, 5.74) is 7.02. The van der Waals surface area contributed by atoms with Gasteiger partial charge in [0.2, 0.25) is 0 Å². The van der Waals surface area contributed by atoms with Crippen molar-refractivity contribution in [2.75, 3.05) is 6.54 Å². The molecule has 2 aromatic rings. The van der Waals surface area contributed by atoms with Crippen LogP contribution in [0.2, 0.25) is 10.0 Å². The number of aromatic nitrogens is 1. The molecule has 1 aromatic heterocycles. The number of amides is 1. The van der Waals surface area contributed by atoms with Crippen molar-refractivity contribution in [1.82, 2.24) is 9.88 Å². The average Bonchev–Trinajstić information content (AvgIpc) is 3.27. The van der Waals surface area contributed by atoms with Gasteiger partial charge in [0.15, 0.2) is 0 Å². The van der Waals surface area contributed by atoms with Crippen LogP contribution in [0.5, 0.6) is 0 Å². The van der Waals surface area contributed by atoms with Gasteiger partial charge in [0, 0.05) is 24.4 Å². The highest BCUT2D eigenvalue weighted by atomic mass is 35.5. The SMILES string of the molecule is Cl.NCCc1nc(C(=O)N(Cc2ccc(Cl)c(Cl)c2)C2CC2)cs1. The minimum absolute atomic E-state index is 0. The molecule has 0 spiro atoms. The van der Waals surface area contributed by atoms with Gasteiger partial charge in [0.1, 0.15) is 5.69 Å². The Hall–Kier alpha value is -0.850. The van der Waals surface area contributed by atoms with E-state index in [1.165, 1.54) is 11.3 Å². The van der Waals surface area contributed by atoms with E-state index in [1.807, 2.05) is 22.4 Å². The largest absolute Gasteiger partial charge is 0.330 e. The van der Waals surface area contributed by atoms with Gasteiger partial charge < -0.3 is 10.6 Å². The summed E-state index contributed by atoms with van der Waals surface area (Å²) in [5, 5.41) is 3.75. The number of carbonyl (C=O) groups excluding carboxylic acids is 1. The van der Waals surface area contributed by atoms with Crippen molar-refractivity contribution in [3.8, 4) is 0 Å². The lowest BCUT2D eigenvalue weighted by atomic mass is 10.2. The molecule has 2 N–H and O–H groups in total. The fraction of sp³-hybridized carbons (Fsp3) is 0.375. The number of nitrogens with two attached hydrogens (primary N) is 1. The van der Waals surface area contributed by atoms with Crippen LogP contribution in [0.4, 0.5) is 0 Å². The van der Waals surface area contributed by atoms with Gasteiger partial charge in [0.05, 0.1) is 15.1 Å². The fourth-order valence-electron chi connectivity index (χ4n) is 2.38. The van der Waals surface area contributed by atoms with Crippen molar-refractivity contribution in [2.45, 2.75) is 31.8 Å². The van der Waals surface area contributed by atoms with Crippen molar-refractivity contribution in [3.05, 3.63) is 49.9 Å². The highest BCUT2D eigenvalue weighted by molar-refractivity contribution is 7.09. The Labute approximate surface area is 161 Å². The maximum Gasteiger partial charge on any atom is 0.273 e. The van der Waals surface area contributed by atoms with Crippen LogP contribution in [-0.2, 0) is 13.0 Å². The number of thiazole rings is 1. The minimum atomic E-state index is -0.0295. The summed E-state index contributed by atoms with van der Waals surface area (Å²) < 4.78 is 0. The smallest absolute Gasteiger partial charge is 0.273 e. The summed E-state index contributed by atoms with van der Waals surface area (Å²) in [6, 6.07) is 5.76. The molecule has 0 saturated heterocycles. The van der Waals surface area contributed by atoms with Crippen molar-refractivity contribution < 1.29 is 4.79 Å². The second-order valence-electron chi connectivity index (χ2n) is 5.58. The first kappa shape index (κ1) is 19.5. The number of benzene rings is 1. The molecule has 1 fully saturated rings. The van der Waals surface area contributed by atoms with Crippen LogP contribution >= 0.6 is 46.9 Å². The lowest BCUT2D eigenvalue weighted by Crippen LogP contribution is -2.32. The fourth-order valence-corrected chi connectivity index (χ4v) is 3.49. The van der Waals surface area contributed by atoms with Crippen molar-refractivity contribution in [1.29, 1.82) is 0 Å². The summed E-state index contributed by atoms with van der Waals surface area (Å²) in [6.45, 7) is 1.06. The summed E-state index contributed by atoms with van der Waals surface area (Å²) in [4.78, 5) is 19.1. The topological polar surface area (TPSA) is 59.2 Å². The van der Waals surface area contributed by atoms with Crippen LogP contribution in [0.3, 0.4) is 0 Å². The standard InChI is InChI=1S/C16H17Cl2N3OS.ClH/c17-12-4-1-10(7-13(12)18)8-21(11-2-3-11)16(22)14-9-23-15(20-14)5-6-19;/h1,4,7,9,11H,2-3,5-6,8,19H2;1H. The first-order valence-electron chi connectivity index (χ1n) is 7.48. The zero-order valence-corrected chi connectivity index (χ0v) is 16.0. The molecule has 24 heavy (non-hydrogen) atoms. The van der Waals surface area contributed by atoms with Gasteiger partial charge in [-0.2, -0.15) is 0 Å². The van der Waals surface area contributed by atoms with Gasteiger partial charge >= 0.3 is 0 Å². The Balaban J connectivity index is 0.00000208. The lowest BCUT2D eigenvalue weighted by molar-refractivity contribution is 0.0724. The highest BCUT2D eigenvalue weighted by Gasteiger charge is 2.34. The highest BCUT2D eigenvalue weighted by Crippen LogP contribution is 2.31. The van der Waals surface area contributed by atoms with E-state index in [0.717, 1.165) is 23.4 Å². The Morgan fingerprint density at radius 1 is 1.33 bits per heavy atom. The predicted octanol–water partition coefficient (Wildman–Crippen LogP) is 4.18. The van der Waals surface area contributed by atoms with Gasteiger partial charge in [-0.25, -0.2) is 4.98 Å². The van der Waals surface area contributed by atoms with Crippen molar-refractivity contribution >= 4 is 52.9 Å². The van der Waals surface area contributed by atoms with E-state index in [4.69, 9.17) is 28.9 Å². The lowest BCUT2D eigenvalue weighted by Gasteiger charge is -2.22. The van der Waals surface area contributed by atoms with Crippen LogP contribution < -0.4 is 5.73 Å². The number of nitrogens with zero attached hydrogens (tertiary/aromatic N) is 2. The van der Waals surface area contributed by atoms with Crippen LogP contribution in [0, 0.1) is 0 Å². The number of carbonyl (C=O) groups is 1. The third-order valence-corrected chi connectivity index (χ3v) is 5.36. The molecule has 3 rings (SSSR count). The van der Waals surface area contributed by atoms with Crippen molar-refractivity contribution in [3.63, 3.8) is 0 Å². The quantitative estimate of drug-likeness (QED) is 0.783. The van der Waals surface area contributed by atoms with Gasteiger partial charge in [-0.3, -0.25) is 4.79 Å². The van der Waals surface area contributed by atoms with Crippen LogP contribution in [0.1, 0.15) is 33.9 Å². The maximum absolute atomic E-state index is 12.8. The zero-order chi connectivity index (χ0) is 16.4. The number of hydrogen-bond acceptors (Lipinski definition) is 4. The van der Waals surface area contributed by atoms with E-state index in [-0.39, 0.29) is 24.4 Å². The van der Waals surface area contributed by atoms with E-state index in [0.29, 0.717) is 35.2 Å². The molecule has 1 amide bonds. The minimum Gasteiger partial charge on any atom is -0.330 e. The van der Waals surface area contributed by atoms with E-state index < -0.39 is 0 Å². The number of halogens is 3. The maximum atomic E-state index is 12.8. The summed E-state index contributed by atoms with van der Waals surface area (Å²) in [5.74, 6) is -0.0295. The molecule has 130 valence electrons. The van der Waals surface area contributed by atoms with E-state index >= 15 is 0 Å². The number of rotatable bonds is 6. The van der Waals surface area contributed by atoms with Gasteiger partial charge in [-0.05, 0) is 37.1 Å². The molecule has 0 unspecified atom stereocenters. The van der Waals surface area contributed by atoms with E-state index in [9.17, 15) is 4.79 Å². The second kappa shape index (κ2) is 8.50. The molecule has 0 bridgehead atoms. The number of hydrogen-bond donors (Lipinski definition) is 1. The van der Waals surface area contributed by atoms with Crippen LogP contribution in [0.25, 0.3) is 0 Å². The molecule has 0 aliphatic heterocycles. The molecule has 1 aliphatic rings. The van der Waals surface area contributed by atoms with Crippen molar-refractivity contribution in [2.24, 2.45) is 5.73 Å².